The van der Waals surface area contributed by atoms with E-state index in [2.05, 4.69) is 19.2 Å². The van der Waals surface area contributed by atoms with Gasteiger partial charge in [0.1, 0.15) is 0 Å². The number of hydrogen-bond donors (Lipinski definition) is 1. The summed E-state index contributed by atoms with van der Waals surface area (Å²) in [6, 6.07) is 17.1. The summed E-state index contributed by atoms with van der Waals surface area (Å²) in [5.74, 6) is -1.14. The minimum absolute atomic E-state index is 0.0806. The number of amides is 2. The average Bonchev–Trinajstić information content (AvgIpc) is 3.14. The van der Waals surface area contributed by atoms with Crippen molar-refractivity contribution in [1.82, 2.24) is 4.90 Å². The Bertz CT molecular complexity index is 893. The van der Waals surface area contributed by atoms with E-state index in [4.69, 9.17) is 4.74 Å². The van der Waals surface area contributed by atoms with E-state index >= 15 is 0 Å². The van der Waals surface area contributed by atoms with E-state index in [0.29, 0.717) is 18.2 Å². The zero-order valence-electron chi connectivity index (χ0n) is 17.6. The summed E-state index contributed by atoms with van der Waals surface area (Å²) < 4.78 is 5.17. The zero-order valence-corrected chi connectivity index (χ0v) is 17.6. The molecule has 0 aliphatic carbocycles. The molecule has 2 amide bonds. The highest BCUT2D eigenvalue weighted by molar-refractivity contribution is 5.93. The van der Waals surface area contributed by atoms with Crippen LogP contribution in [0.5, 0.6) is 0 Å². The number of likely N-dealkylation sites (tertiary alicyclic amines) is 1. The predicted molar refractivity (Wildman–Crippen MR) is 115 cm³/mol. The Labute approximate surface area is 177 Å². The first-order valence-electron chi connectivity index (χ1n) is 10.3. The van der Waals surface area contributed by atoms with Crippen LogP contribution in [0.25, 0.3) is 0 Å². The molecule has 1 aliphatic rings. The molecule has 30 heavy (non-hydrogen) atoms. The van der Waals surface area contributed by atoms with Crippen molar-refractivity contribution < 1.29 is 19.1 Å². The third-order valence-electron chi connectivity index (χ3n) is 5.45. The van der Waals surface area contributed by atoms with Gasteiger partial charge in [-0.25, -0.2) is 0 Å². The fourth-order valence-electron chi connectivity index (χ4n) is 3.58. The first kappa shape index (κ1) is 21.6. The van der Waals surface area contributed by atoms with Gasteiger partial charge in [-0.05, 0) is 36.1 Å². The van der Waals surface area contributed by atoms with Crippen LogP contribution in [0.3, 0.4) is 0 Å². The summed E-state index contributed by atoms with van der Waals surface area (Å²) in [6.45, 7) is 6.07. The number of carbonyl (C=O) groups excluding carboxylic acids is 3. The number of esters is 1. The third-order valence-corrected chi connectivity index (χ3v) is 5.45. The Balaban J connectivity index is 1.49. The SMILES string of the molecule is CC(C)c1ccc(NC(=O)COC(=O)[C@@H]2CC(=O)N([C@H](C)c3ccccc3)C2)cc1. The highest BCUT2D eigenvalue weighted by atomic mass is 16.5. The van der Waals surface area contributed by atoms with Gasteiger partial charge in [-0.3, -0.25) is 14.4 Å². The van der Waals surface area contributed by atoms with Crippen molar-refractivity contribution in [1.29, 1.82) is 0 Å². The van der Waals surface area contributed by atoms with Crippen molar-refractivity contribution in [3.63, 3.8) is 0 Å². The molecular formula is C24H28N2O4. The van der Waals surface area contributed by atoms with Gasteiger partial charge in [-0.2, -0.15) is 0 Å². The molecule has 1 saturated heterocycles. The van der Waals surface area contributed by atoms with Crippen molar-refractivity contribution in [2.75, 3.05) is 18.5 Å². The smallest absolute Gasteiger partial charge is 0.311 e. The van der Waals surface area contributed by atoms with E-state index in [1.54, 1.807) is 4.90 Å². The molecule has 0 saturated carbocycles. The Morgan fingerprint density at radius 3 is 2.33 bits per heavy atom. The molecule has 0 radical (unpaired) electrons. The lowest BCUT2D eigenvalue weighted by Gasteiger charge is -2.25. The van der Waals surface area contributed by atoms with E-state index in [1.165, 1.54) is 5.56 Å². The molecule has 2 aromatic rings. The number of nitrogens with zero attached hydrogens (tertiary/aromatic N) is 1. The Kier molecular flexibility index (Phi) is 6.87. The van der Waals surface area contributed by atoms with Crippen LogP contribution in [0.15, 0.2) is 54.6 Å². The van der Waals surface area contributed by atoms with E-state index in [9.17, 15) is 14.4 Å². The van der Waals surface area contributed by atoms with E-state index in [1.807, 2.05) is 61.5 Å². The van der Waals surface area contributed by atoms with Gasteiger partial charge in [-0.15, -0.1) is 0 Å². The fourth-order valence-corrected chi connectivity index (χ4v) is 3.58. The standard InChI is InChI=1S/C24H28N2O4/c1-16(2)18-9-11-21(12-10-18)25-22(27)15-30-24(29)20-13-23(28)26(14-20)17(3)19-7-5-4-6-8-19/h4-12,16-17,20H,13-15H2,1-3H3,(H,25,27)/t17-,20-/m1/s1. The van der Waals surface area contributed by atoms with Crippen molar-refractivity contribution in [3.8, 4) is 0 Å². The first-order valence-corrected chi connectivity index (χ1v) is 10.3. The molecule has 2 aromatic carbocycles. The monoisotopic (exact) mass is 408 g/mol. The molecule has 1 fully saturated rings. The molecule has 6 nitrogen and oxygen atoms in total. The minimum Gasteiger partial charge on any atom is -0.455 e. The number of benzene rings is 2. The summed E-state index contributed by atoms with van der Waals surface area (Å²) >= 11 is 0. The van der Waals surface area contributed by atoms with Gasteiger partial charge in [0.2, 0.25) is 5.91 Å². The third kappa shape index (κ3) is 5.26. The van der Waals surface area contributed by atoms with Crippen LogP contribution in [0.4, 0.5) is 5.69 Å². The summed E-state index contributed by atoms with van der Waals surface area (Å²) in [4.78, 5) is 38.6. The molecule has 1 aliphatic heterocycles. The van der Waals surface area contributed by atoms with Crippen molar-refractivity contribution in [2.45, 2.75) is 39.2 Å². The Morgan fingerprint density at radius 1 is 1.03 bits per heavy atom. The van der Waals surface area contributed by atoms with Gasteiger partial charge in [-0.1, -0.05) is 56.3 Å². The Morgan fingerprint density at radius 2 is 1.70 bits per heavy atom. The van der Waals surface area contributed by atoms with Gasteiger partial charge in [0.25, 0.3) is 5.91 Å². The van der Waals surface area contributed by atoms with Crippen molar-refractivity contribution in [3.05, 3.63) is 65.7 Å². The number of carbonyl (C=O) groups is 3. The van der Waals surface area contributed by atoms with Crippen LogP contribution in [0, 0.1) is 5.92 Å². The topological polar surface area (TPSA) is 75.7 Å². The highest BCUT2D eigenvalue weighted by Crippen LogP contribution is 2.29. The molecule has 3 rings (SSSR count). The molecular weight excluding hydrogens is 380 g/mol. The second-order valence-corrected chi connectivity index (χ2v) is 7.97. The molecule has 0 spiro atoms. The zero-order chi connectivity index (χ0) is 21.7. The molecule has 0 bridgehead atoms. The lowest BCUT2D eigenvalue weighted by Crippen LogP contribution is -2.30. The average molecular weight is 408 g/mol. The van der Waals surface area contributed by atoms with Crippen LogP contribution in [-0.4, -0.2) is 35.8 Å². The summed E-state index contributed by atoms with van der Waals surface area (Å²) in [5, 5.41) is 2.72. The van der Waals surface area contributed by atoms with Crippen molar-refractivity contribution in [2.24, 2.45) is 5.92 Å². The number of hydrogen-bond acceptors (Lipinski definition) is 4. The largest absolute Gasteiger partial charge is 0.455 e. The van der Waals surface area contributed by atoms with Gasteiger partial charge >= 0.3 is 5.97 Å². The van der Waals surface area contributed by atoms with Crippen LogP contribution < -0.4 is 5.32 Å². The number of rotatable bonds is 7. The van der Waals surface area contributed by atoms with Gasteiger partial charge < -0.3 is 15.0 Å². The summed E-state index contributed by atoms with van der Waals surface area (Å²) in [6.07, 6.45) is 0.105. The molecule has 0 aromatic heterocycles. The lowest BCUT2D eigenvalue weighted by molar-refractivity contribution is -0.151. The van der Waals surface area contributed by atoms with Gasteiger partial charge in [0.05, 0.1) is 12.0 Å². The molecule has 0 unspecified atom stereocenters. The second kappa shape index (κ2) is 9.57. The quantitative estimate of drug-likeness (QED) is 0.705. The van der Waals surface area contributed by atoms with Gasteiger partial charge in [0.15, 0.2) is 6.61 Å². The van der Waals surface area contributed by atoms with Crippen LogP contribution >= 0.6 is 0 Å². The maximum Gasteiger partial charge on any atom is 0.311 e. The molecule has 6 heteroatoms. The minimum atomic E-state index is -0.554. The number of anilines is 1. The highest BCUT2D eigenvalue weighted by Gasteiger charge is 2.38. The summed E-state index contributed by atoms with van der Waals surface area (Å²) in [7, 11) is 0. The fraction of sp³-hybridized carbons (Fsp3) is 0.375. The second-order valence-electron chi connectivity index (χ2n) is 7.97. The van der Waals surface area contributed by atoms with Crippen LogP contribution in [-0.2, 0) is 19.1 Å². The Hall–Kier alpha value is -3.15. The number of nitrogens with one attached hydrogen (secondary N) is 1. The van der Waals surface area contributed by atoms with Gasteiger partial charge in [0, 0.05) is 18.7 Å². The molecule has 2 atom stereocenters. The lowest BCUT2D eigenvalue weighted by atomic mass is 10.0. The van der Waals surface area contributed by atoms with Crippen molar-refractivity contribution >= 4 is 23.5 Å². The molecule has 1 N–H and O–H groups in total. The maximum absolute atomic E-state index is 12.4. The van der Waals surface area contributed by atoms with E-state index < -0.39 is 17.8 Å². The van der Waals surface area contributed by atoms with Crippen LogP contribution in [0.1, 0.15) is 50.3 Å². The predicted octanol–water partition coefficient (Wildman–Crippen LogP) is 3.90. The van der Waals surface area contributed by atoms with E-state index in [0.717, 1.165) is 5.56 Å². The number of ether oxygens (including phenoxy) is 1. The maximum atomic E-state index is 12.4. The van der Waals surface area contributed by atoms with E-state index in [-0.39, 0.29) is 25.0 Å². The van der Waals surface area contributed by atoms with Crippen LogP contribution in [0.2, 0.25) is 0 Å². The molecule has 1 heterocycles. The first-order chi connectivity index (χ1) is 14.3. The normalized spacial score (nSPS) is 17.1. The molecule has 158 valence electrons. The summed E-state index contributed by atoms with van der Waals surface area (Å²) in [5.41, 5.74) is 2.85.